The van der Waals surface area contributed by atoms with Gasteiger partial charge in [-0.2, -0.15) is 5.10 Å². The van der Waals surface area contributed by atoms with Crippen molar-refractivity contribution in [2.24, 2.45) is 0 Å². The van der Waals surface area contributed by atoms with Gasteiger partial charge in [-0.05, 0) is 5.41 Å². The quantitative estimate of drug-likeness (QED) is 0.871. The second kappa shape index (κ2) is 4.64. The number of hydrogen-bond donors (Lipinski definition) is 1. The third-order valence-electron chi connectivity index (χ3n) is 2.94. The van der Waals surface area contributed by atoms with E-state index < -0.39 is 0 Å². The Labute approximate surface area is 101 Å². The average molecular weight is 241 g/mol. The molecule has 0 bridgehead atoms. The predicted molar refractivity (Wildman–Crippen MR) is 64.2 cm³/mol. The van der Waals surface area contributed by atoms with E-state index in [1.54, 1.807) is 0 Å². The van der Waals surface area contributed by atoms with Crippen molar-refractivity contribution in [2.45, 2.75) is 38.8 Å². The van der Waals surface area contributed by atoms with Crippen molar-refractivity contribution in [3.8, 4) is 5.88 Å². The van der Waals surface area contributed by atoms with Gasteiger partial charge in [0.2, 0.25) is 5.88 Å². The lowest BCUT2D eigenvalue weighted by molar-refractivity contribution is 0.178. The molecule has 4 nitrogen and oxygen atoms in total. The summed E-state index contributed by atoms with van der Waals surface area (Å²) in [6, 6.07) is 0.144. The minimum Gasteiger partial charge on any atom is -0.476 e. The Balaban J connectivity index is 2.11. The largest absolute Gasteiger partial charge is 0.476 e. The standard InChI is InChI=1S/C12H20FN3O/c1-12(2,3)10-6-15-16-7-9(14-5-4-13)8-17-11(10)16/h6,9,14H,4-5,7-8H2,1-3H3. The maximum absolute atomic E-state index is 12.1. The van der Waals surface area contributed by atoms with Crippen molar-refractivity contribution in [2.75, 3.05) is 19.8 Å². The third kappa shape index (κ3) is 2.60. The van der Waals surface area contributed by atoms with Gasteiger partial charge in [0, 0.05) is 12.1 Å². The molecule has 5 heteroatoms. The first-order valence-corrected chi connectivity index (χ1v) is 6.01. The minimum absolute atomic E-state index is 0.0345. The Morgan fingerprint density at radius 1 is 1.59 bits per heavy atom. The topological polar surface area (TPSA) is 39.1 Å². The van der Waals surface area contributed by atoms with E-state index in [1.165, 1.54) is 0 Å². The number of nitrogens with zero attached hydrogens (tertiary/aromatic N) is 2. The summed E-state index contributed by atoms with van der Waals surface area (Å²) in [5.41, 5.74) is 1.16. The maximum atomic E-state index is 12.1. The Bertz CT molecular complexity index is 384. The molecule has 2 rings (SSSR count). The van der Waals surface area contributed by atoms with Gasteiger partial charge in [-0.1, -0.05) is 20.8 Å². The molecule has 17 heavy (non-hydrogen) atoms. The Morgan fingerprint density at radius 3 is 3.00 bits per heavy atom. The summed E-state index contributed by atoms with van der Waals surface area (Å²) in [4.78, 5) is 0. The molecule has 1 unspecified atom stereocenters. The Kier molecular flexibility index (Phi) is 3.38. The minimum atomic E-state index is -0.351. The summed E-state index contributed by atoms with van der Waals surface area (Å²) < 4.78 is 19.7. The summed E-state index contributed by atoms with van der Waals surface area (Å²) in [6.07, 6.45) is 1.87. The van der Waals surface area contributed by atoms with Crippen LogP contribution in [-0.4, -0.2) is 35.6 Å². The molecule has 0 spiro atoms. The van der Waals surface area contributed by atoms with E-state index in [1.807, 2.05) is 10.9 Å². The van der Waals surface area contributed by atoms with Crippen molar-refractivity contribution in [3.63, 3.8) is 0 Å². The maximum Gasteiger partial charge on any atom is 0.215 e. The fraction of sp³-hybridized carbons (Fsp3) is 0.750. The summed E-state index contributed by atoms with van der Waals surface area (Å²) in [6.45, 7) is 7.76. The van der Waals surface area contributed by atoms with Crippen molar-refractivity contribution < 1.29 is 9.13 Å². The van der Waals surface area contributed by atoms with Gasteiger partial charge >= 0.3 is 0 Å². The van der Waals surface area contributed by atoms with Gasteiger partial charge in [-0.3, -0.25) is 0 Å². The second-order valence-electron chi connectivity index (χ2n) is 5.45. The lowest BCUT2D eigenvalue weighted by Gasteiger charge is -2.27. The fourth-order valence-corrected chi connectivity index (χ4v) is 1.99. The van der Waals surface area contributed by atoms with E-state index in [9.17, 15) is 4.39 Å². The van der Waals surface area contributed by atoms with Crippen LogP contribution in [0.1, 0.15) is 26.3 Å². The highest BCUT2D eigenvalue weighted by Gasteiger charge is 2.28. The second-order valence-corrected chi connectivity index (χ2v) is 5.45. The average Bonchev–Trinajstić information content (AvgIpc) is 2.68. The molecule has 1 aliphatic heterocycles. The van der Waals surface area contributed by atoms with E-state index >= 15 is 0 Å². The number of ether oxygens (including phenoxy) is 1. The van der Waals surface area contributed by atoms with Crippen LogP contribution in [0, 0.1) is 0 Å². The highest BCUT2D eigenvalue weighted by molar-refractivity contribution is 5.32. The highest BCUT2D eigenvalue weighted by atomic mass is 19.1. The molecule has 1 atom stereocenters. The summed E-state index contributed by atoms with van der Waals surface area (Å²) in [5.74, 6) is 0.857. The van der Waals surface area contributed by atoms with Crippen LogP contribution in [0.3, 0.4) is 0 Å². The van der Waals surface area contributed by atoms with Gasteiger partial charge < -0.3 is 10.1 Å². The van der Waals surface area contributed by atoms with E-state index in [0.29, 0.717) is 13.2 Å². The number of aromatic nitrogens is 2. The van der Waals surface area contributed by atoms with Gasteiger partial charge in [0.1, 0.15) is 13.3 Å². The SMILES string of the molecule is CC(C)(C)c1cnn2c1OCC(NCCF)C2. The molecule has 0 amide bonds. The van der Waals surface area contributed by atoms with Crippen LogP contribution in [0.5, 0.6) is 5.88 Å². The molecule has 0 radical (unpaired) electrons. The van der Waals surface area contributed by atoms with Crippen LogP contribution in [0.4, 0.5) is 4.39 Å². The van der Waals surface area contributed by atoms with E-state index in [2.05, 4.69) is 31.2 Å². The fourth-order valence-electron chi connectivity index (χ4n) is 1.99. The lowest BCUT2D eigenvalue weighted by atomic mass is 9.89. The van der Waals surface area contributed by atoms with Crippen LogP contribution in [0.15, 0.2) is 6.20 Å². The van der Waals surface area contributed by atoms with Gasteiger partial charge in [-0.15, -0.1) is 0 Å². The molecule has 96 valence electrons. The summed E-state index contributed by atoms with van der Waals surface area (Å²) in [5, 5.41) is 7.44. The zero-order valence-corrected chi connectivity index (χ0v) is 10.7. The smallest absolute Gasteiger partial charge is 0.215 e. The van der Waals surface area contributed by atoms with Gasteiger partial charge in [0.15, 0.2) is 0 Å². The molecule has 1 aromatic heterocycles. The summed E-state index contributed by atoms with van der Waals surface area (Å²) in [7, 11) is 0. The molecule has 0 aromatic carbocycles. The molecule has 0 saturated carbocycles. The number of alkyl halides is 1. The van der Waals surface area contributed by atoms with Gasteiger partial charge in [0.25, 0.3) is 0 Å². The molecule has 0 saturated heterocycles. The molecule has 0 fully saturated rings. The molecular formula is C12H20FN3O. The molecular weight excluding hydrogens is 221 g/mol. The van der Waals surface area contributed by atoms with Crippen LogP contribution in [0.2, 0.25) is 0 Å². The molecule has 0 aliphatic carbocycles. The predicted octanol–water partition coefficient (Wildman–Crippen LogP) is 1.50. The lowest BCUT2D eigenvalue weighted by Crippen LogP contribution is -2.43. The van der Waals surface area contributed by atoms with Crippen LogP contribution in [-0.2, 0) is 12.0 Å². The van der Waals surface area contributed by atoms with E-state index in [-0.39, 0.29) is 18.1 Å². The highest BCUT2D eigenvalue weighted by Crippen LogP contribution is 2.32. The van der Waals surface area contributed by atoms with Crippen molar-refractivity contribution in [3.05, 3.63) is 11.8 Å². The number of fused-ring (bicyclic) bond motifs is 1. The molecule has 1 aliphatic rings. The Morgan fingerprint density at radius 2 is 2.35 bits per heavy atom. The van der Waals surface area contributed by atoms with Crippen molar-refractivity contribution in [1.29, 1.82) is 0 Å². The monoisotopic (exact) mass is 241 g/mol. The molecule has 1 N–H and O–H groups in total. The Hall–Kier alpha value is -1.10. The van der Waals surface area contributed by atoms with Crippen LogP contribution < -0.4 is 10.1 Å². The number of nitrogens with one attached hydrogen (secondary N) is 1. The first-order valence-electron chi connectivity index (χ1n) is 6.01. The van der Waals surface area contributed by atoms with Crippen LogP contribution >= 0.6 is 0 Å². The van der Waals surface area contributed by atoms with E-state index in [4.69, 9.17) is 4.74 Å². The molecule has 1 aromatic rings. The van der Waals surface area contributed by atoms with E-state index in [0.717, 1.165) is 18.0 Å². The van der Waals surface area contributed by atoms with Gasteiger partial charge in [0.05, 0.1) is 18.8 Å². The van der Waals surface area contributed by atoms with Crippen molar-refractivity contribution >= 4 is 0 Å². The number of hydrogen-bond acceptors (Lipinski definition) is 3. The first kappa shape index (κ1) is 12.4. The number of halogens is 1. The van der Waals surface area contributed by atoms with Crippen LogP contribution in [0.25, 0.3) is 0 Å². The third-order valence-corrected chi connectivity index (χ3v) is 2.94. The zero-order valence-electron chi connectivity index (χ0n) is 10.7. The van der Waals surface area contributed by atoms with Gasteiger partial charge in [-0.25, -0.2) is 9.07 Å². The van der Waals surface area contributed by atoms with Crippen molar-refractivity contribution in [1.82, 2.24) is 15.1 Å². The summed E-state index contributed by atoms with van der Waals surface area (Å²) >= 11 is 0. The molecule has 2 heterocycles. The first-order chi connectivity index (χ1) is 8.02. The zero-order chi connectivity index (χ0) is 12.5. The normalized spacial score (nSPS) is 19.9. The number of rotatable bonds is 3.